The quantitative estimate of drug-likeness (QED) is 0.482. The summed E-state index contributed by atoms with van der Waals surface area (Å²) < 4.78 is 9.61. The number of carbonyl (C=O) groups excluding carboxylic acids is 1. The molecule has 2 aliphatic rings. The molecule has 8 nitrogen and oxygen atoms in total. The maximum absolute atomic E-state index is 12.0. The molecule has 0 saturated carbocycles. The van der Waals surface area contributed by atoms with Crippen molar-refractivity contribution in [3.05, 3.63) is 23.8 Å². The van der Waals surface area contributed by atoms with Crippen molar-refractivity contribution in [3.63, 3.8) is 0 Å². The summed E-state index contributed by atoms with van der Waals surface area (Å²) in [5, 5.41) is 2.51. The van der Waals surface area contributed by atoms with Crippen molar-refractivity contribution >= 4 is 37.9 Å². The van der Waals surface area contributed by atoms with Crippen LogP contribution >= 0.6 is 0 Å². The van der Waals surface area contributed by atoms with Gasteiger partial charge in [0, 0.05) is 30.9 Å². The largest absolute Gasteiger partial charge is 0.560 e. The van der Waals surface area contributed by atoms with Gasteiger partial charge >= 0.3 is 14.1 Å². The SMILES string of the molecule is [B]OC=NC(=Nc1ccc(N2CC3CC2CN3C)c(C)c1)NC(=O)OC(C)(C)C. The number of fused-ring (bicyclic) bond motifs is 2. The first-order valence-electron chi connectivity index (χ1n) is 9.70. The Labute approximate surface area is 173 Å². The van der Waals surface area contributed by atoms with Crippen molar-refractivity contribution in [2.24, 2.45) is 9.98 Å². The van der Waals surface area contributed by atoms with E-state index < -0.39 is 11.7 Å². The van der Waals surface area contributed by atoms with Gasteiger partial charge in [0.1, 0.15) is 5.60 Å². The summed E-state index contributed by atoms with van der Waals surface area (Å²) in [5.74, 6) is 0.0266. The molecule has 2 radical (unpaired) electrons. The average molecular weight is 397 g/mol. The number of likely N-dealkylation sites (N-methyl/N-ethyl adjacent to an activating group) is 1. The van der Waals surface area contributed by atoms with E-state index >= 15 is 0 Å². The third kappa shape index (κ3) is 5.29. The standard InChI is InChI=1S/C20H28BN5O3/c1-13-8-14(6-7-17(13)26-11-15-9-16(26)10-25(15)5)23-18(22-12-28-21)24-19(27)29-20(2,3)4/h6-8,12,15-16H,9-11H2,1-5H3,(H,23,24,27). The molecule has 0 aromatic heterocycles. The fraction of sp³-hybridized carbons (Fsp3) is 0.550. The number of ether oxygens (including phenoxy) is 1. The van der Waals surface area contributed by atoms with Crippen LogP contribution in [0, 0.1) is 6.92 Å². The van der Waals surface area contributed by atoms with Crippen LogP contribution in [0.2, 0.25) is 0 Å². The monoisotopic (exact) mass is 397 g/mol. The molecule has 1 aromatic rings. The van der Waals surface area contributed by atoms with Crippen LogP contribution in [0.4, 0.5) is 16.2 Å². The third-order valence-electron chi connectivity index (χ3n) is 5.09. The Hall–Kier alpha value is -2.55. The minimum atomic E-state index is -0.657. The zero-order valence-electron chi connectivity index (χ0n) is 17.7. The molecule has 2 heterocycles. The number of alkyl carbamates (subject to hydrolysis) is 1. The maximum Gasteiger partial charge on any atom is 0.414 e. The van der Waals surface area contributed by atoms with E-state index in [4.69, 9.17) is 12.8 Å². The molecule has 2 bridgehead atoms. The summed E-state index contributed by atoms with van der Waals surface area (Å²) >= 11 is 0. The number of guanidine groups is 1. The Bertz CT molecular complexity index is 819. The summed E-state index contributed by atoms with van der Waals surface area (Å²) in [6.45, 7) is 9.55. The van der Waals surface area contributed by atoms with Crippen molar-refractivity contribution < 1.29 is 14.2 Å². The predicted octanol–water partition coefficient (Wildman–Crippen LogP) is 2.53. The second-order valence-corrected chi connectivity index (χ2v) is 8.54. The normalized spacial score (nSPS) is 22.4. The highest BCUT2D eigenvalue weighted by Crippen LogP contribution is 2.36. The lowest BCUT2D eigenvalue weighted by atomic mass is 10.1. The van der Waals surface area contributed by atoms with Gasteiger partial charge in [-0.05, 0) is 64.9 Å². The fourth-order valence-corrected chi connectivity index (χ4v) is 3.88. The van der Waals surface area contributed by atoms with E-state index in [0.717, 1.165) is 25.1 Å². The molecule has 1 amide bonds. The molecule has 2 unspecified atom stereocenters. The van der Waals surface area contributed by atoms with Gasteiger partial charge in [-0.3, -0.25) is 10.2 Å². The molecule has 154 valence electrons. The molecule has 3 rings (SSSR count). The molecule has 0 spiro atoms. The molecular weight excluding hydrogens is 369 g/mol. The number of aliphatic imine (C=N–C) groups is 2. The molecule has 2 aliphatic heterocycles. The molecule has 0 aliphatic carbocycles. The van der Waals surface area contributed by atoms with Gasteiger partial charge in [-0.25, -0.2) is 9.79 Å². The average Bonchev–Trinajstić information content (AvgIpc) is 3.17. The van der Waals surface area contributed by atoms with Gasteiger partial charge < -0.3 is 14.3 Å². The third-order valence-corrected chi connectivity index (χ3v) is 5.09. The number of anilines is 1. The van der Waals surface area contributed by atoms with Crippen LogP contribution in [0.15, 0.2) is 28.2 Å². The lowest BCUT2D eigenvalue weighted by Crippen LogP contribution is -2.44. The van der Waals surface area contributed by atoms with Crippen LogP contribution in [0.1, 0.15) is 32.8 Å². The Morgan fingerprint density at radius 3 is 2.62 bits per heavy atom. The first kappa shape index (κ1) is 21.2. The molecule has 1 N–H and O–H groups in total. The molecule has 2 atom stereocenters. The molecule has 29 heavy (non-hydrogen) atoms. The Balaban J connectivity index is 1.76. The molecule has 9 heteroatoms. The number of likely N-dealkylation sites (tertiary alicyclic amines) is 1. The van der Waals surface area contributed by atoms with Gasteiger partial charge in [0.2, 0.25) is 5.96 Å². The Kier molecular flexibility index (Phi) is 6.17. The van der Waals surface area contributed by atoms with Gasteiger partial charge in [0.15, 0.2) is 6.40 Å². The minimum Gasteiger partial charge on any atom is -0.560 e. The van der Waals surface area contributed by atoms with Gasteiger partial charge in [-0.2, -0.15) is 4.99 Å². The second-order valence-electron chi connectivity index (χ2n) is 8.54. The number of amides is 1. The van der Waals surface area contributed by atoms with Crippen molar-refractivity contribution in [1.82, 2.24) is 10.2 Å². The van der Waals surface area contributed by atoms with Crippen LogP contribution in [-0.4, -0.2) is 69.2 Å². The van der Waals surface area contributed by atoms with E-state index in [9.17, 15) is 4.79 Å². The van der Waals surface area contributed by atoms with E-state index in [0.29, 0.717) is 17.8 Å². The topological polar surface area (TPSA) is 78.8 Å². The Morgan fingerprint density at radius 2 is 2.07 bits per heavy atom. The number of nitrogens with one attached hydrogen (secondary N) is 1. The highest BCUT2D eigenvalue weighted by atomic mass is 16.6. The molecule has 2 saturated heterocycles. The summed E-state index contributed by atoms with van der Waals surface area (Å²) in [6, 6.07) is 7.15. The molecular formula is C20H28BN5O3. The van der Waals surface area contributed by atoms with Crippen LogP contribution in [0.25, 0.3) is 0 Å². The number of hydrogen-bond donors (Lipinski definition) is 1. The van der Waals surface area contributed by atoms with E-state index in [-0.39, 0.29) is 5.96 Å². The van der Waals surface area contributed by atoms with E-state index in [1.165, 1.54) is 12.1 Å². The number of carbonyl (C=O) groups is 1. The second kappa shape index (κ2) is 8.45. The van der Waals surface area contributed by atoms with E-state index in [1.807, 2.05) is 12.1 Å². The Morgan fingerprint density at radius 1 is 1.31 bits per heavy atom. The number of aryl methyl sites for hydroxylation is 1. The number of hydrogen-bond acceptors (Lipinski definition) is 6. The van der Waals surface area contributed by atoms with Crippen LogP contribution < -0.4 is 10.2 Å². The van der Waals surface area contributed by atoms with Crippen LogP contribution in [-0.2, 0) is 9.39 Å². The van der Waals surface area contributed by atoms with Crippen molar-refractivity contribution in [2.75, 3.05) is 25.0 Å². The van der Waals surface area contributed by atoms with Gasteiger partial charge in [-0.15, -0.1) is 0 Å². The smallest absolute Gasteiger partial charge is 0.414 e. The zero-order chi connectivity index (χ0) is 21.2. The van der Waals surface area contributed by atoms with Crippen molar-refractivity contribution in [1.29, 1.82) is 0 Å². The minimum absolute atomic E-state index is 0.0266. The lowest BCUT2D eigenvalue weighted by Gasteiger charge is -2.34. The van der Waals surface area contributed by atoms with Gasteiger partial charge in [0.25, 0.3) is 0 Å². The van der Waals surface area contributed by atoms with Crippen molar-refractivity contribution in [3.8, 4) is 0 Å². The maximum atomic E-state index is 12.0. The molecule has 1 aromatic carbocycles. The first-order chi connectivity index (χ1) is 13.7. The summed E-state index contributed by atoms with van der Waals surface area (Å²) in [5.41, 5.74) is 2.37. The number of piperazine rings is 1. The number of rotatable bonds is 3. The summed E-state index contributed by atoms with van der Waals surface area (Å²) in [7, 11) is 7.19. The lowest BCUT2D eigenvalue weighted by molar-refractivity contribution is 0.0562. The zero-order valence-corrected chi connectivity index (χ0v) is 17.7. The number of benzene rings is 1. The summed E-state index contributed by atoms with van der Waals surface area (Å²) in [4.78, 5) is 25.3. The summed E-state index contributed by atoms with van der Waals surface area (Å²) in [6.07, 6.45) is 1.55. The van der Waals surface area contributed by atoms with E-state index in [1.54, 1.807) is 20.8 Å². The van der Waals surface area contributed by atoms with E-state index in [2.05, 4.69) is 49.8 Å². The van der Waals surface area contributed by atoms with Gasteiger partial charge in [-0.1, -0.05) is 0 Å². The molecule has 2 fully saturated rings. The van der Waals surface area contributed by atoms with Crippen LogP contribution in [0.3, 0.4) is 0 Å². The predicted molar refractivity (Wildman–Crippen MR) is 115 cm³/mol. The number of nitrogens with zero attached hydrogens (tertiary/aromatic N) is 4. The highest BCUT2D eigenvalue weighted by molar-refractivity contribution is 6.05. The first-order valence-corrected chi connectivity index (χ1v) is 9.70. The van der Waals surface area contributed by atoms with Crippen molar-refractivity contribution in [2.45, 2.75) is 51.8 Å². The highest BCUT2D eigenvalue weighted by Gasteiger charge is 2.41. The van der Waals surface area contributed by atoms with Gasteiger partial charge in [0.05, 0.1) is 5.69 Å². The fourth-order valence-electron chi connectivity index (χ4n) is 3.88. The van der Waals surface area contributed by atoms with Crippen LogP contribution in [0.5, 0.6) is 0 Å².